The van der Waals surface area contributed by atoms with Gasteiger partial charge in [-0.05, 0) is 40.9 Å². The third kappa shape index (κ3) is 2.42. The quantitative estimate of drug-likeness (QED) is 0.930. The van der Waals surface area contributed by atoms with Crippen molar-refractivity contribution in [3.8, 4) is 0 Å². The maximum atomic E-state index is 11.0. The molecule has 1 aliphatic rings. The molecule has 0 spiro atoms. The van der Waals surface area contributed by atoms with E-state index < -0.39 is 5.60 Å². The van der Waals surface area contributed by atoms with Crippen molar-refractivity contribution < 1.29 is 5.11 Å². The first-order valence-corrected chi connectivity index (χ1v) is 7.99. The Morgan fingerprint density at radius 3 is 3.12 bits per heavy atom. The average Bonchev–Trinajstić information content (AvgIpc) is 2.65. The molecule has 1 fully saturated rings. The van der Waals surface area contributed by atoms with Gasteiger partial charge in [-0.15, -0.1) is 0 Å². The predicted molar refractivity (Wildman–Crippen MR) is 75.3 cm³/mol. The SMILES string of the molecule is CCCn1ncc(Br)c1C1(O)CCCSC1C. The highest BCUT2D eigenvalue weighted by atomic mass is 79.9. The van der Waals surface area contributed by atoms with Crippen LogP contribution in [0.3, 0.4) is 0 Å². The van der Waals surface area contributed by atoms with Crippen LogP contribution in [-0.4, -0.2) is 25.9 Å². The monoisotopic (exact) mass is 318 g/mol. The van der Waals surface area contributed by atoms with E-state index in [4.69, 9.17) is 0 Å². The second kappa shape index (κ2) is 5.33. The van der Waals surface area contributed by atoms with Crippen LogP contribution in [0.2, 0.25) is 0 Å². The average molecular weight is 319 g/mol. The van der Waals surface area contributed by atoms with Crippen molar-refractivity contribution in [1.29, 1.82) is 0 Å². The Kier molecular flexibility index (Phi) is 4.21. The van der Waals surface area contributed by atoms with Crippen molar-refractivity contribution in [2.24, 2.45) is 0 Å². The van der Waals surface area contributed by atoms with Gasteiger partial charge in [0.25, 0.3) is 0 Å². The molecule has 0 saturated carbocycles. The molecule has 0 radical (unpaired) electrons. The smallest absolute Gasteiger partial charge is 0.119 e. The molecule has 5 heteroatoms. The van der Waals surface area contributed by atoms with Crippen molar-refractivity contribution in [2.45, 2.75) is 50.5 Å². The summed E-state index contributed by atoms with van der Waals surface area (Å²) < 4.78 is 2.88. The minimum atomic E-state index is -0.743. The number of aryl methyl sites for hydroxylation is 1. The molecule has 3 nitrogen and oxygen atoms in total. The number of hydrogen-bond donors (Lipinski definition) is 1. The number of aromatic nitrogens is 2. The van der Waals surface area contributed by atoms with E-state index in [-0.39, 0.29) is 5.25 Å². The minimum Gasteiger partial charge on any atom is -0.382 e. The molecule has 1 saturated heterocycles. The summed E-state index contributed by atoms with van der Waals surface area (Å²) in [4.78, 5) is 0. The first-order chi connectivity index (χ1) is 8.09. The van der Waals surface area contributed by atoms with Crippen LogP contribution in [0.15, 0.2) is 10.7 Å². The fourth-order valence-electron chi connectivity index (χ4n) is 2.43. The summed E-state index contributed by atoms with van der Waals surface area (Å²) in [5.41, 5.74) is 0.215. The molecule has 0 aromatic carbocycles. The first kappa shape index (κ1) is 13.4. The summed E-state index contributed by atoms with van der Waals surface area (Å²) in [6, 6.07) is 0. The summed E-state index contributed by atoms with van der Waals surface area (Å²) >= 11 is 5.38. The van der Waals surface area contributed by atoms with Crippen molar-refractivity contribution in [1.82, 2.24) is 9.78 Å². The van der Waals surface area contributed by atoms with Crippen LogP contribution in [-0.2, 0) is 12.1 Å². The Morgan fingerprint density at radius 1 is 1.71 bits per heavy atom. The number of nitrogens with zero attached hydrogens (tertiary/aromatic N) is 2. The molecule has 2 unspecified atom stereocenters. The highest BCUT2D eigenvalue weighted by molar-refractivity contribution is 9.10. The Morgan fingerprint density at radius 2 is 2.47 bits per heavy atom. The number of thioether (sulfide) groups is 1. The van der Waals surface area contributed by atoms with Gasteiger partial charge < -0.3 is 5.11 Å². The van der Waals surface area contributed by atoms with Gasteiger partial charge in [-0.1, -0.05) is 13.8 Å². The number of halogens is 1. The van der Waals surface area contributed by atoms with Gasteiger partial charge >= 0.3 is 0 Å². The summed E-state index contributed by atoms with van der Waals surface area (Å²) in [6.45, 7) is 5.10. The molecule has 0 aliphatic carbocycles. The number of aliphatic hydroxyl groups is 1. The molecule has 1 N–H and O–H groups in total. The third-order valence-electron chi connectivity index (χ3n) is 3.38. The molecule has 2 heterocycles. The molecule has 17 heavy (non-hydrogen) atoms. The summed E-state index contributed by atoms with van der Waals surface area (Å²) in [5, 5.41) is 15.6. The van der Waals surface area contributed by atoms with Gasteiger partial charge in [0.15, 0.2) is 0 Å². The van der Waals surface area contributed by atoms with E-state index in [9.17, 15) is 5.11 Å². The normalized spacial score (nSPS) is 29.5. The second-order valence-electron chi connectivity index (χ2n) is 4.61. The largest absolute Gasteiger partial charge is 0.382 e. The van der Waals surface area contributed by atoms with Crippen molar-refractivity contribution in [2.75, 3.05) is 5.75 Å². The van der Waals surface area contributed by atoms with Gasteiger partial charge in [0.05, 0.1) is 16.4 Å². The summed E-state index contributed by atoms with van der Waals surface area (Å²) in [7, 11) is 0. The Bertz CT molecular complexity index is 396. The lowest BCUT2D eigenvalue weighted by Gasteiger charge is -2.38. The van der Waals surface area contributed by atoms with Crippen LogP contribution < -0.4 is 0 Å². The second-order valence-corrected chi connectivity index (χ2v) is 6.91. The lowest BCUT2D eigenvalue weighted by atomic mass is 9.90. The molecule has 2 atom stereocenters. The standard InChI is InChI=1S/C12H19BrN2OS/c1-3-6-15-11(10(13)8-14-15)12(16)5-4-7-17-9(12)2/h8-9,16H,3-7H2,1-2H3. The van der Waals surface area contributed by atoms with E-state index in [1.165, 1.54) is 0 Å². The molecule has 1 aliphatic heterocycles. The fraction of sp³-hybridized carbons (Fsp3) is 0.750. The van der Waals surface area contributed by atoms with Gasteiger partial charge in [-0.25, -0.2) is 0 Å². The van der Waals surface area contributed by atoms with Crippen LogP contribution in [0.25, 0.3) is 0 Å². The van der Waals surface area contributed by atoms with Crippen LogP contribution in [0.1, 0.15) is 38.8 Å². The highest BCUT2D eigenvalue weighted by Crippen LogP contribution is 2.43. The van der Waals surface area contributed by atoms with E-state index in [1.807, 2.05) is 16.4 Å². The Hall–Kier alpha value is -0.0000000000000000555. The van der Waals surface area contributed by atoms with E-state index in [0.29, 0.717) is 0 Å². The maximum Gasteiger partial charge on any atom is 0.119 e. The van der Waals surface area contributed by atoms with Gasteiger partial charge in [0.1, 0.15) is 5.60 Å². The van der Waals surface area contributed by atoms with Gasteiger partial charge in [-0.3, -0.25) is 4.68 Å². The predicted octanol–water partition coefficient (Wildman–Crippen LogP) is 3.16. The minimum absolute atomic E-state index is 0.222. The van der Waals surface area contributed by atoms with Crippen molar-refractivity contribution in [3.05, 3.63) is 16.4 Å². The van der Waals surface area contributed by atoms with Crippen LogP contribution in [0.4, 0.5) is 0 Å². The van der Waals surface area contributed by atoms with Crippen LogP contribution in [0, 0.1) is 0 Å². The van der Waals surface area contributed by atoms with Crippen molar-refractivity contribution in [3.63, 3.8) is 0 Å². The van der Waals surface area contributed by atoms with E-state index in [2.05, 4.69) is 34.9 Å². The lowest BCUT2D eigenvalue weighted by molar-refractivity contribution is 0.0157. The molecule has 96 valence electrons. The first-order valence-electron chi connectivity index (χ1n) is 6.15. The van der Waals surface area contributed by atoms with Crippen LogP contribution in [0.5, 0.6) is 0 Å². The maximum absolute atomic E-state index is 11.0. The Labute approximate surface area is 115 Å². The highest BCUT2D eigenvalue weighted by Gasteiger charge is 2.42. The third-order valence-corrected chi connectivity index (χ3v) is 5.38. The van der Waals surface area contributed by atoms with E-state index in [0.717, 1.165) is 41.7 Å². The zero-order chi connectivity index (χ0) is 12.5. The summed E-state index contributed by atoms with van der Waals surface area (Å²) in [6.07, 6.45) is 4.72. The zero-order valence-electron chi connectivity index (χ0n) is 10.3. The van der Waals surface area contributed by atoms with Gasteiger partial charge in [0, 0.05) is 11.8 Å². The molecular formula is C12H19BrN2OS. The number of hydrogen-bond acceptors (Lipinski definition) is 3. The van der Waals surface area contributed by atoms with E-state index >= 15 is 0 Å². The van der Waals surface area contributed by atoms with Gasteiger partial charge in [0.2, 0.25) is 0 Å². The molecule has 2 rings (SSSR count). The molecule has 0 amide bonds. The Balaban J connectivity index is 2.39. The lowest BCUT2D eigenvalue weighted by Crippen LogP contribution is -2.41. The summed E-state index contributed by atoms with van der Waals surface area (Å²) in [5.74, 6) is 1.14. The molecular weight excluding hydrogens is 300 g/mol. The molecule has 1 aromatic heterocycles. The van der Waals surface area contributed by atoms with E-state index in [1.54, 1.807) is 6.20 Å². The fourth-order valence-corrected chi connectivity index (χ4v) is 4.24. The van der Waals surface area contributed by atoms with Gasteiger partial charge in [-0.2, -0.15) is 16.9 Å². The molecule has 0 bridgehead atoms. The van der Waals surface area contributed by atoms with Crippen molar-refractivity contribution >= 4 is 27.7 Å². The van der Waals surface area contributed by atoms with Crippen LogP contribution >= 0.6 is 27.7 Å². The zero-order valence-corrected chi connectivity index (χ0v) is 12.7. The topological polar surface area (TPSA) is 38.0 Å². The molecule has 1 aromatic rings. The number of rotatable bonds is 3.